The van der Waals surface area contributed by atoms with Gasteiger partial charge in [0, 0.05) is 20.1 Å². The number of nitrogens with zero attached hydrogens (tertiary/aromatic N) is 3. The second kappa shape index (κ2) is 7.26. The van der Waals surface area contributed by atoms with E-state index in [-0.39, 0.29) is 10.2 Å². The largest absolute Gasteiger partial charge is 0.324 e. The summed E-state index contributed by atoms with van der Waals surface area (Å²) < 4.78 is 28.1. The highest BCUT2D eigenvalue weighted by Gasteiger charge is 2.29. The first-order valence-corrected chi connectivity index (χ1v) is 8.43. The Bertz CT molecular complexity index is 491. The lowest BCUT2D eigenvalue weighted by Gasteiger charge is -2.20. The summed E-state index contributed by atoms with van der Waals surface area (Å²) in [5.41, 5.74) is 0. The molecule has 0 fully saturated rings. The summed E-state index contributed by atoms with van der Waals surface area (Å²) in [5, 5.41) is 0.127. The number of hydrogen-bond donors (Lipinski definition) is 0. The smallest absolute Gasteiger partial charge is 0.263 e. The first-order chi connectivity index (χ1) is 8.95. The van der Waals surface area contributed by atoms with Crippen LogP contribution in [0.5, 0.6) is 0 Å². The third-order valence-electron chi connectivity index (χ3n) is 2.94. The number of halogens is 1. The fourth-order valence-electron chi connectivity index (χ4n) is 1.71. The second-order valence-electron chi connectivity index (χ2n) is 4.56. The van der Waals surface area contributed by atoms with Crippen molar-refractivity contribution in [2.45, 2.75) is 44.6 Å². The van der Waals surface area contributed by atoms with Gasteiger partial charge in [0.15, 0.2) is 0 Å². The quantitative estimate of drug-likeness (QED) is 0.742. The third kappa shape index (κ3) is 3.94. The van der Waals surface area contributed by atoms with Gasteiger partial charge in [-0.2, -0.15) is 4.31 Å². The highest BCUT2D eigenvalue weighted by molar-refractivity contribution is 7.89. The van der Waals surface area contributed by atoms with Crippen LogP contribution in [-0.2, 0) is 17.1 Å². The molecule has 7 heteroatoms. The molecule has 0 N–H and O–H groups in total. The van der Waals surface area contributed by atoms with E-state index in [0.29, 0.717) is 13.1 Å². The van der Waals surface area contributed by atoms with E-state index in [1.54, 1.807) is 7.05 Å². The predicted molar refractivity (Wildman–Crippen MR) is 76.8 cm³/mol. The molecule has 0 radical (unpaired) electrons. The van der Waals surface area contributed by atoms with Crippen LogP contribution >= 0.6 is 11.6 Å². The Balaban J connectivity index is 3.01. The van der Waals surface area contributed by atoms with E-state index in [1.165, 1.54) is 15.2 Å². The molecule has 0 bridgehead atoms. The van der Waals surface area contributed by atoms with Crippen LogP contribution in [0.2, 0.25) is 5.15 Å². The van der Waals surface area contributed by atoms with Crippen molar-refractivity contribution in [3.63, 3.8) is 0 Å². The molecule has 0 saturated heterocycles. The maximum absolute atomic E-state index is 12.5. The number of rotatable bonds is 8. The van der Waals surface area contributed by atoms with Gasteiger partial charge in [-0.05, 0) is 12.8 Å². The molecule has 0 aliphatic heterocycles. The standard InChI is InChI=1S/C12H22ClN3O2S/c1-4-6-8-16(9-7-5-2)19(17,18)12-11(13)15(3)10-14-12/h10H,4-9H2,1-3H3. The van der Waals surface area contributed by atoms with Crippen LogP contribution in [0, 0.1) is 0 Å². The van der Waals surface area contributed by atoms with Crippen molar-refractivity contribution in [2.24, 2.45) is 7.05 Å². The molecule has 110 valence electrons. The van der Waals surface area contributed by atoms with Crippen LogP contribution in [0.3, 0.4) is 0 Å². The van der Waals surface area contributed by atoms with Gasteiger partial charge in [0.25, 0.3) is 10.0 Å². The zero-order chi connectivity index (χ0) is 14.5. The number of hydrogen-bond acceptors (Lipinski definition) is 3. The topological polar surface area (TPSA) is 55.2 Å². The molecule has 1 heterocycles. The minimum atomic E-state index is -3.59. The lowest BCUT2D eigenvalue weighted by Crippen LogP contribution is -2.33. The lowest BCUT2D eigenvalue weighted by atomic mass is 10.3. The minimum Gasteiger partial charge on any atom is -0.324 e. The van der Waals surface area contributed by atoms with Gasteiger partial charge in [0.1, 0.15) is 5.15 Å². The summed E-state index contributed by atoms with van der Waals surface area (Å²) >= 11 is 6.00. The Hall–Kier alpha value is -0.590. The van der Waals surface area contributed by atoms with Gasteiger partial charge in [0.05, 0.1) is 6.33 Å². The number of unbranched alkanes of at least 4 members (excludes halogenated alkanes) is 2. The molecule has 0 aliphatic rings. The second-order valence-corrected chi connectivity index (χ2v) is 6.77. The Kier molecular flexibility index (Phi) is 6.29. The van der Waals surface area contributed by atoms with Crippen LogP contribution in [-0.4, -0.2) is 35.4 Å². The van der Waals surface area contributed by atoms with E-state index < -0.39 is 10.0 Å². The monoisotopic (exact) mass is 307 g/mol. The van der Waals surface area contributed by atoms with Crippen molar-refractivity contribution in [2.75, 3.05) is 13.1 Å². The molecule has 1 rings (SSSR count). The summed E-state index contributed by atoms with van der Waals surface area (Å²) in [4.78, 5) is 3.93. The number of imidazole rings is 1. The number of aromatic nitrogens is 2. The molecule has 0 aromatic carbocycles. The minimum absolute atomic E-state index is 0.0381. The zero-order valence-corrected chi connectivity index (χ0v) is 13.3. The molecule has 19 heavy (non-hydrogen) atoms. The summed E-state index contributed by atoms with van der Waals surface area (Å²) in [6, 6.07) is 0. The summed E-state index contributed by atoms with van der Waals surface area (Å²) in [7, 11) is -1.91. The fraction of sp³-hybridized carbons (Fsp3) is 0.750. The number of aryl methyl sites for hydroxylation is 1. The Labute approximate surface area is 120 Å². The van der Waals surface area contributed by atoms with Crippen LogP contribution in [0.15, 0.2) is 11.4 Å². The number of sulfonamides is 1. The van der Waals surface area contributed by atoms with Crippen molar-refractivity contribution in [1.29, 1.82) is 0 Å². The molecule has 0 unspecified atom stereocenters. The van der Waals surface area contributed by atoms with Gasteiger partial charge in [-0.1, -0.05) is 38.3 Å². The molecular formula is C12H22ClN3O2S. The Morgan fingerprint density at radius 3 is 2.16 bits per heavy atom. The first kappa shape index (κ1) is 16.5. The zero-order valence-electron chi connectivity index (χ0n) is 11.8. The van der Waals surface area contributed by atoms with E-state index in [4.69, 9.17) is 11.6 Å². The molecule has 0 atom stereocenters. The highest BCUT2D eigenvalue weighted by Crippen LogP contribution is 2.23. The Morgan fingerprint density at radius 2 is 1.79 bits per heavy atom. The molecule has 1 aromatic heterocycles. The van der Waals surface area contributed by atoms with Crippen molar-refractivity contribution in [1.82, 2.24) is 13.9 Å². The lowest BCUT2D eigenvalue weighted by molar-refractivity contribution is 0.394. The summed E-state index contributed by atoms with van der Waals surface area (Å²) in [5.74, 6) is 0. The molecular weight excluding hydrogens is 286 g/mol. The van der Waals surface area contributed by atoms with E-state index in [9.17, 15) is 8.42 Å². The van der Waals surface area contributed by atoms with Gasteiger partial charge in [-0.25, -0.2) is 13.4 Å². The first-order valence-electron chi connectivity index (χ1n) is 6.62. The fourth-order valence-corrected chi connectivity index (χ4v) is 3.62. The summed E-state index contributed by atoms with van der Waals surface area (Å²) in [6.45, 7) is 5.12. The molecule has 0 spiro atoms. The normalized spacial score (nSPS) is 12.3. The van der Waals surface area contributed by atoms with Crippen LogP contribution in [0.1, 0.15) is 39.5 Å². The van der Waals surface area contributed by atoms with Crippen LogP contribution in [0.4, 0.5) is 0 Å². The van der Waals surface area contributed by atoms with Gasteiger partial charge in [-0.3, -0.25) is 0 Å². The van der Waals surface area contributed by atoms with Crippen molar-refractivity contribution in [3.8, 4) is 0 Å². The SMILES string of the molecule is CCCCN(CCCC)S(=O)(=O)c1ncn(C)c1Cl. The third-order valence-corrected chi connectivity index (χ3v) is 5.33. The van der Waals surface area contributed by atoms with Gasteiger partial charge in [0.2, 0.25) is 5.03 Å². The van der Waals surface area contributed by atoms with Crippen molar-refractivity contribution >= 4 is 21.6 Å². The predicted octanol–water partition coefficient (Wildman–Crippen LogP) is 2.66. The van der Waals surface area contributed by atoms with Gasteiger partial charge >= 0.3 is 0 Å². The van der Waals surface area contributed by atoms with Gasteiger partial charge in [-0.15, -0.1) is 0 Å². The molecule has 0 saturated carbocycles. The van der Waals surface area contributed by atoms with E-state index in [0.717, 1.165) is 25.7 Å². The van der Waals surface area contributed by atoms with Crippen molar-refractivity contribution < 1.29 is 8.42 Å². The Morgan fingerprint density at radius 1 is 1.26 bits per heavy atom. The maximum Gasteiger partial charge on any atom is 0.263 e. The average molecular weight is 308 g/mol. The van der Waals surface area contributed by atoms with E-state index in [1.807, 2.05) is 13.8 Å². The van der Waals surface area contributed by atoms with Crippen molar-refractivity contribution in [3.05, 3.63) is 11.5 Å². The highest BCUT2D eigenvalue weighted by atomic mass is 35.5. The van der Waals surface area contributed by atoms with E-state index >= 15 is 0 Å². The molecule has 0 aliphatic carbocycles. The van der Waals surface area contributed by atoms with E-state index in [2.05, 4.69) is 4.98 Å². The summed E-state index contributed by atoms with van der Waals surface area (Å²) in [6.07, 6.45) is 5.01. The molecule has 0 amide bonds. The maximum atomic E-state index is 12.5. The van der Waals surface area contributed by atoms with Crippen LogP contribution < -0.4 is 0 Å². The van der Waals surface area contributed by atoms with Gasteiger partial charge < -0.3 is 4.57 Å². The molecule has 1 aromatic rings. The van der Waals surface area contributed by atoms with Crippen LogP contribution in [0.25, 0.3) is 0 Å². The molecule has 5 nitrogen and oxygen atoms in total. The average Bonchev–Trinajstić information content (AvgIpc) is 2.70.